The van der Waals surface area contributed by atoms with Gasteiger partial charge in [-0.25, -0.2) is 0 Å². The molecule has 1 saturated heterocycles. The van der Waals surface area contributed by atoms with E-state index in [2.05, 4.69) is 17.7 Å². The van der Waals surface area contributed by atoms with Gasteiger partial charge in [-0.15, -0.1) is 6.58 Å². The Kier molecular flexibility index (Phi) is 7.14. The van der Waals surface area contributed by atoms with Gasteiger partial charge in [-0.2, -0.15) is 11.8 Å². The molecule has 0 saturated carbocycles. The van der Waals surface area contributed by atoms with Gasteiger partial charge in [0.2, 0.25) is 0 Å². The smallest absolute Gasteiger partial charge is 0.0644 e. The Balaban J connectivity index is 2.04. The molecular formula is C12H23NOS. The standard InChI is InChI=1S/C12H23NOS/c1-3-9-14-11-12-4-6-13(7-5-12)8-10-15-2/h3,12H,1,4-11H2,2H3. The number of rotatable bonds is 7. The Morgan fingerprint density at radius 1 is 1.47 bits per heavy atom. The molecule has 1 fully saturated rings. The number of hydrogen-bond donors (Lipinski definition) is 0. The molecule has 88 valence electrons. The Labute approximate surface area is 98.1 Å². The molecule has 0 aromatic carbocycles. The van der Waals surface area contributed by atoms with Gasteiger partial charge in [0.1, 0.15) is 0 Å². The number of ether oxygens (including phenoxy) is 1. The number of thioether (sulfide) groups is 1. The van der Waals surface area contributed by atoms with E-state index in [-0.39, 0.29) is 0 Å². The topological polar surface area (TPSA) is 12.5 Å². The summed E-state index contributed by atoms with van der Waals surface area (Å²) in [7, 11) is 0. The van der Waals surface area contributed by atoms with Crippen molar-refractivity contribution in [2.24, 2.45) is 5.92 Å². The number of piperidine rings is 1. The third-order valence-electron chi connectivity index (χ3n) is 2.91. The molecule has 3 heteroatoms. The summed E-state index contributed by atoms with van der Waals surface area (Å²) in [6, 6.07) is 0. The molecule has 0 aromatic heterocycles. The molecule has 0 amide bonds. The van der Waals surface area contributed by atoms with Gasteiger partial charge in [-0.1, -0.05) is 6.08 Å². The van der Waals surface area contributed by atoms with Crippen molar-refractivity contribution in [3.8, 4) is 0 Å². The molecule has 0 radical (unpaired) electrons. The van der Waals surface area contributed by atoms with Crippen molar-refractivity contribution < 1.29 is 4.74 Å². The first-order valence-corrected chi connectivity index (χ1v) is 7.16. The predicted octanol–water partition coefficient (Wildman–Crippen LogP) is 2.26. The number of likely N-dealkylation sites (tertiary alicyclic amines) is 1. The second kappa shape index (κ2) is 8.20. The van der Waals surface area contributed by atoms with E-state index in [9.17, 15) is 0 Å². The first-order chi connectivity index (χ1) is 7.36. The maximum absolute atomic E-state index is 5.50. The van der Waals surface area contributed by atoms with Gasteiger partial charge in [0, 0.05) is 18.9 Å². The van der Waals surface area contributed by atoms with Crippen molar-refractivity contribution in [1.29, 1.82) is 0 Å². The van der Waals surface area contributed by atoms with E-state index in [4.69, 9.17) is 4.74 Å². The summed E-state index contributed by atoms with van der Waals surface area (Å²) < 4.78 is 5.50. The van der Waals surface area contributed by atoms with Gasteiger partial charge in [-0.05, 0) is 38.1 Å². The fourth-order valence-corrected chi connectivity index (χ4v) is 2.36. The molecule has 1 rings (SSSR count). The Morgan fingerprint density at radius 3 is 2.80 bits per heavy atom. The molecule has 2 nitrogen and oxygen atoms in total. The van der Waals surface area contributed by atoms with E-state index in [0.717, 1.165) is 12.5 Å². The van der Waals surface area contributed by atoms with E-state index in [1.807, 2.05) is 17.8 Å². The highest BCUT2D eigenvalue weighted by Gasteiger charge is 2.18. The molecule has 0 aliphatic carbocycles. The highest BCUT2D eigenvalue weighted by molar-refractivity contribution is 7.98. The Hall–Kier alpha value is 0.0100. The Bertz CT molecular complexity index is 167. The van der Waals surface area contributed by atoms with Gasteiger partial charge >= 0.3 is 0 Å². The van der Waals surface area contributed by atoms with Crippen LogP contribution < -0.4 is 0 Å². The SMILES string of the molecule is C=CCOCC1CCN(CCSC)CC1. The molecule has 0 bridgehead atoms. The normalized spacial score (nSPS) is 19.3. The fraction of sp³-hybridized carbons (Fsp3) is 0.833. The highest BCUT2D eigenvalue weighted by Crippen LogP contribution is 2.17. The summed E-state index contributed by atoms with van der Waals surface area (Å²) in [5.74, 6) is 2.04. The molecule has 0 N–H and O–H groups in total. The third-order valence-corrected chi connectivity index (χ3v) is 3.50. The van der Waals surface area contributed by atoms with Gasteiger partial charge in [0.05, 0.1) is 6.61 Å². The largest absolute Gasteiger partial charge is 0.377 e. The summed E-state index contributed by atoms with van der Waals surface area (Å²) in [6.07, 6.45) is 6.60. The fourth-order valence-electron chi connectivity index (χ4n) is 1.92. The lowest BCUT2D eigenvalue weighted by atomic mass is 9.98. The maximum atomic E-state index is 5.50. The molecular weight excluding hydrogens is 206 g/mol. The molecule has 0 spiro atoms. The van der Waals surface area contributed by atoms with Crippen LogP contribution in [0.4, 0.5) is 0 Å². The van der Waals surface area contributed by atoms with Crippen LogP contribution in [-0.4, -0.2) is 49.8 Å². The van der Waals surface area contributed by atoms with Crippen molar-refractivity contribution in [3.63, 3.8) is 0 Å². The van der Waals surface area contributed by atoms with Crippen molar-refractivity contribution in [1.82, 2.24) is 4.90 Å². The lowest BCUT2D eigenvalue weighted by molar-refractivity contribution is 0.0840. The van der Waals surface area contributed by atoms with Crippen molar-refractivity contribution in [2.75, 3.05) is 44.9 Å². The van der Waals surface area contributed by atoms with Gasteiger partial charge in [0.15, 0.2) is 0 Å². The number of hydrogen-bond acceptors (Lipinski definition) is 3. The van der Waals surface area contributed by atoms with Gasteiger partial charge in [-0.3, -0.25) is 0 Å². The summed E-state index contributed by atoms with van der Waals surface area (Å²) in [5, 5.41) is 0. The quantitative estimate of drug-likeness (QED) is 0.491. The summed E-state index contributed by atoms with van der Waals surface area (Å²) in [4.78, 5) is 2.57. The first-order valence-electron chi connectivity index (χ1n) is 5.76. The van der Waals surface area contributed by atoms with E-state index < -0.39 is 0 Å². The minimum absolute atomic E-state index is 0.701. The van der Waals surface area contributed by atoms with Crippen molar-refractivity contribution in [2.45, 2.75) is 12.8 Å². The zero-order valence-corrected chi connectivity index (χ0v) is 10.6. The third kappa shape index (κ3) is 5.59. The van der Waals surface area contributed by atoms with Crippen LogP contribution in [0.25, 0.3) is 0 Å². The predicted molar refractivity (Wildman–Crippen MR) is 68.6 cm³/mol. The minimum atomic E-state index is 0.701. The van der Waals surface area contributed by atoms with Gasteiger partial charge in [0.25, 0.3) is 0 Å². The van der Waals surface area contributed by atoms with E-state index in [0.29, 0.717) is 6.61 Å². The lowest BCUT2D eigenvalue weighted by Crippen LogP contribution is -2.36. The van der Waals surface area contributed by atoms with Crippen molar-refractivity contribution >= 4 is 11.8 Å². The zero-order valence-electron chi connectivity index (χ0n) is 9.78. The molecule has 0 unspecified atom stereocenters. The van der Waals surface area contributed by atoms with E-state index >= 15 is 0 Å². The second-order valence-corrected chi connectivity index (χ2v) is 5.09. The number of nitrogens with zero attached hydrogens (tertiary/aromatic N) is 1. The average Bonchev–Trinajstić information content (AvgIpc) is 2.28. The van der Waals surface area contributed by atoms with Crippen LogP contribution in [0, 0.1) is 5.92 Å². The molecule has 0 aromatic rings. The van der Waals surface area contributed by atoms with Crippen LogP contribution in [-0.2, 0) is 4.74 Å². The van der Waals surface area contributed by atoms with Crippen LogP contribution in [0.1, 0.15) is 12.8 Å². The maximum Gasteiger partial charge on any atom is 0.0644 e. The van der Waals surface area contributed by atoms with Crippen LogP contribution in [0.5, 0.6) is 0 Å². The first kappa shape index (κ1) is 13.1. The molecule has 1 heterocycles. The van der Waals surface area contributed by atoms with Crippen LogP contribution in [0.15, 0.2) is 12.7 Å². The van der Waals surface area contributed by atoms with Crippen LogP contribution >= 0.6 is 11.8 Å². The van der Waals surface area contributed by atoms with Crippen LogP contribution in [0.3, 0.4) is 0 Å². The molecule has 0 atom stereocenters. The summed E-state index contributed by atoms with van der Waals surface area (Å²) in [5.41, 5.74) is 0. The van der Waals surface area contributed by atoms with E-state index in [1.165, 1.54) is 38.2 Å². The lowest BCUT2D eigenvalue weighted by Gasteiger charge is -2.31. The van der Waals surface area contributed by atoms with Crippen LogP contribution in [0.2, 0.25) is 0 Å². The molecule has 15 heavy (non-hydrogen) atoms. The minimum Gasteiger partial charge on any atom is -0.377 e. The van der Waals surface area contributed by atoms with Gasteiger partial charge < -0.3 is 9.64 Å². The van der Waals surface area contributed by atoms with E-state index in [1.54, 1.807) is 0 Å². The Morgan fingerprint density at radius 2 is 2.20 bits per heavy atom. The highest BCUT2D eigenvalue weighted by atomic mass is 32.2. The summed E-state index contributed by atoms with van der Waals surface area (Å²) >= 11 is 1.94. The molecule has 1 aliphatic heterocycles. The van der Waals surface area contributed by atoms with Crippen molar-refractivity contribution in [3.05, 3.63) is 12.7 Å². The zero-order chi connectivity index (χ0) is 10.9. The summed E-state index contributed by atoms with van der Waals surface area (Å²) in [6.45, 7) is 9.03. The monoisotopic (exact) mass is 229 g/mol. The second-order valence-electron chi connectivity index (χ2n) is 4.10. The molecule has 1 aliphatic rings. The average molecular weight is 229 g/mol.